The molecule has 1 aromatic carbocycles. The van der Waals surface area contributed by atoms with Gasteiger partial charge in [0.25, 0.3) is 5.92 Å². The number of aromatic nitrogens is 3. The molecule has 2 aliphatic rings. The number of hydrogen-bond acceptors (Lipinski definition) is 9. The van der Waals surface area contributed by atoms with E-state index < -0.39 is 27.9 Å². The maximum atomic E-state index is 14.5. The highest BCUT2D eigenvalue weighted by molar-refractivity contribution is 7.90. The first kappa shape index (κ1) is 28.4. The lowest BCUT2D eigenvalue weighted by Crippen LogP contribution is -2.59. The molecule has 0 spiro atoms. The zero-order valence-electron chi connectivity index (χ0n) is 23.4. The summed E-state index contributed by atoms with van der Waals surface area (Å²) in [6, 6.07) is 7.89. The number of piperidine rings is 1. The Morgan fingerprint density at radius 3 is 2.58 bits per heavy atom. The van der Waals surface area contributed by atoms with Crippen molar-refractivity contribution in [1.82, 2.24) is 15.0 Å². The van der Waals surface area contributed by atoms with E-state index in [-0.39, 0.29) is 42.5 Å². The molecule has 0 aliphatic carbocycles. The summed E-state index contributed by atoms with van der Waals surface area (Å²) in [5, 5.41) is 15.2. The maximum Gasteiger partial charge on any atom is 0.293 e. The van der Waals surface area contributed by atoms with Crippen molar-refractivity contribution in [3.05, 3.63) is 42.2 Å². The highest BCUT2D eigenvalue weighted by Gasteiger charge is 2.53. The molecule has 4 heterocycles. The molecule has 3 aromatic rings. The Morgan fingerprint density at radius 2 is 1.93 bits per heavy atom. The minimum Gasteiger partial charge on any atom is -0.384 e. The fourth-order valence-corrected chi connectivity index (χ4v) is 6.71. The van der Waals surface area contributed by atoms with Gasteiger partial charge in [0.2, 0.25) is 5.95 Å². The lowest BCUT2D eigenvalue weighted by molar-refractivity contribution is -0.177. The van der Waals surface area contributed by atoms with Crippen LogP contribution in [0.25, 0.3) is 10.8 Å². The van der Waals surface area contributed by atoms with E-state index >= 15 is 0 Å². The third kappa shape index (κ3) is 5.43. The molecule has 40 heavy (non-hydrogen) atoms. The Labute approximate surface area is 233 Å². The molecule has 0 saturated carbocycles. The van der Waals surface area contributed by atoms with Crippen molar-refractivity contribution in [2.75, 3.05) is 46.8 Å². The molecule has 5 rings (SSSR count). The summed E-state index contributed by atoms with van der Waals surface area (Å²) in [6.45, 7) is 7.66. The highest BCUT2D eigenvalue weighted by atomic mass is 32.2. The molecule has 2 aromatic heterocycles. The number of aliphatic hydroxyl groups is 1. The Kier molecular flexibility index (Phi) is 7.14. The van der Waals surface area contributed by atoms with Crippen molar-refractivity contribution < 1.29 is 22.3 Å². The number of hydrogen-bond donors (Lipinski definition) is 2. The van der Waals surface area contributed by atoms with Crippen molar-refractivity contribution in [3.63, 3.8) is 0 Å². The third-order valence-corrected chi connectivity index (χ3v) is 9.23. The summed E-state index contributed by atoms with van der Waals surface area (Å²) in [4.78, 5) is 16.9. The Morgan fingerprint density at radius 1 is 1.18 bits per heavy atom. The summed E-state index contributed by atoms with van der Waals surface area (Å²) in [6.07, 6.45) is 4.50. The molecule has 216 valence electrons. The van der Waals surface area contributed by atoms with Gasteiger partial charge >= 0.3 is 0 Å². The number of benzene rings is 1. The van der Waals surface area contributed by atoms with Gasteiger partial charge in [-0.05, 0) is 55.3 Å². The third-order valence-electron chi connectivity index (χ3n) is 8.19. The molecule has 3 atom stereocenters. The summed E-state index contributed by atoms with van der Waals surface area (Å²) in [5.74, 6) is -1.66. The average molecular weight is 575 g/mol. The van der Waals surface area contributed by atoms with Crippen molar-refractivity contribution in [2.45, 2.75) is 57.6 Å². The second kappa shape index (κ2) is 10.1. The molecular weight excluding hydrogens is 538 g/mol. The fourth-order valence-electron chi connectivity index (χ4n) is 5.55. The van der Waals surface area contributed by atoms with Crippen LogP contribution >= 0.6 is 0 Å². The molecule has 2 aliphatic heterocycles. The molecule has 0 unspecified atom stereocenters. The lowest BCUT2D eigenvalue weighted by atomic mass is 9.88. The van der Waals surface area contributed by atoms with Gasteiger partial charge in [-0.15, -0.1) is 0 Å². The van der Waals surface area contributed by atoms with E-state index in [0.29, 0.717) is 18.2 Å². The van der Waals surface area contributed by atoms with Crippen LogP contribution in [-0.4, -0.2) is 77.7 Å². The van der Waals surface area contributed by atoms with Gasteiger partial charge in [-0.3, -0.25) is 0 Å². The minimum absolute atomic E-state index is 0.0849. The van der Waals surface area contributed by atoms with Crippen LogP contribution in [0.2, 0.25) is 0 Å². The molecule has 0 radical (unpaired) electrons. The normalized spacial score (nSPS) is 24.8. The number of anilines is 4. The Bertz CT molecular complexity index is 1530. The monoisotopic (exact) mass is 574 g/mol. The van der Waals surface area contributed by atoms with Gasteiger partial charge in [0, 0.05) is 54.8 Å². The van der Waals surface area contributed by atoms with Crippen molar-refractivity contribution in [1.29, 1.82) is 0 Å². The predicted octanol–water partition coefficient (Wildman–Crippen LogP) is 4.36. The van der Waals surface area contributed by atoms with Crippen LogP contribution in [0.15, 0.2) is 36.7 Å². The first-order valence-electron chi connectivity index (χ1n) is 13.5. The number of sulfone groups is 1. The van der Waals surface area contributed by atoms with Crippen LogP contribution in [0.3, 0.4) is 0 Å². The first-order chi connectivity index (χ1) is 18.6. The van der Waals surface area contributed by atoms with Gasteiger partial charge in [-0.1, -0.05) is 19.9 Å². The Balaban J connectivity index is 1.41. The van der Waals surface area contributed by atoms with Crippen LogP contribution in [0, 0.1) is 5.92 Å². The molecule has 0 amide bonds. The maximum absolute atomic E-state index is 14.5. The number of rotatable bonds is 7. The molecule has 2 saturated heterocycles. The molecular formula is C28H36F2N6O3S. The highest BCUT2D eigenvalue weighted by Crippen LogP contribution is 2.40. The van der Waals surface area contributed by atoms with Crippen LogP contribution < -0.4 is 15.1 Å². The van der Waals surface area contributed by atoms with Crippen molar-refractivity contribution in [2.24, 2.45) is 5.92 Å². The van der Waals surface area contributed by atoms with Gasteiger partial charge in [-0.25, -0.2) is 27.2 Å². The van der Waals surface area contributed by atoms with Crippen LogP contribution in [0.1, 0.15) is 45.6 Å². The molecule has 2 fully saturated rings. The SMILES string of the molecule is CC(C)c1ccc(N2C[C@H](CS(C)(=O)=O)[C@H]2C)c2cnc(Nc3ccnc(N4CC[C@@](C)(O)C(F)(F)C4)n3)cc12. The predicted molar refractivity (Wildman–Crippen MR) is 154 cm³/mol. The van der Waals surface area contributed by atoms with E-state index in [1.807, 2.05) is 12.3 Å². The summed E-state index contributed by atoms with van der Waals surface area (Å²) in [5.41, 5.74) is 0.0991. The van der Waals surface area contributed by atoms with E-state index in [9.17, 15) is 22.3 Å². The summed E-state index contributed by atoms with van der Waals surface area (Å²) < 4.78 is 52.5. The second-order valence-electron chi connectivity index (χ2n) is 11.7. The number of alkyl halides is 2. The van der Waals surface area contributed by atoms with Gasteiger partial charge in [0.05, 0.1) is 12.3 Å². The topological polar surface area (TPSA) is 112 Å². The van der Waals surface area contributed by atoms with Gasteiger partial charge in [0.1, 0.15) is 27.1 Å². The van der Waals surface area contributed by atoms with Crippen LogP contribution in [0.4, 0.5) is 32.1 Å². The smallest absolute Gasteiger partial charge is 0.293 e. The molecule has 2 N–H and O–H groups in total. The quantitative estimate of drug-likeness (QED) is 0.425. The van der Waals surface area contributed by atoms with E-state index in [4.69, 9.17) is 0 Å². The zero-order valence-corrected chi connectivity index (χ0v) is 24.2. The van der Waals surface area contributed by atoms with Gasteiger partial charge < -0.3 is 20.2 Å². The van der Waals surface area contributed by atoms with Gasteiger partial charge in [-0.2, -0.15) is 4.98 Å². The molecule has 0 bridgehead atoms. The van der Waals surface area contributed by atoms with E-state index in [2.05, 4.69) is 58.1 Å². The number of pyridine rings is 1. The van der Waals surface area contributed by atoms with Crippen LogP contribution in [-0.2, 0) is 9.84 Å². The second-order valence-corrected chi connectivity index (χ2v) is 13.9. The molecule has 12 heteroatoms. The zero-order chi connectivity index (χ0) is 29.0. The largest absolute Gasteiger partial charge is 0.384 e. The summed E-state index contributed by atoms with van der Waals surface area (Å²) in [7, 11) is -3.05. The average Bonchev–Trinajstić information content (AvgIpc) is 2.86. The number of fused-ring (bicyclic) bond motifs is 1. The van der Waals surface area contributed by atoms with Gasteiger partial charge in [0.15, 0.2) is 0 Å². The summed E-state index contributed by atoms with van der Waals surface area (Å²) >= 11 is 0. The van der Waals surface area contributed by atoms with Crippen LogP contribution in [0.5, 0.6) is 0 Å². The standard InChI is InChI=1S/C28H36F2N6O3S/c1-17(2)20-6-7-23(36-14-19(18(36)3)15-40(5,38)39)22-13-32-25(12-21(20)22)33-24-8-10-31-26(34-24)35-11-9-27(4,37)28(29,30)16-35/h6-8,10,12-13,17-19,37H,9,11,14-16H2,1-5H3,(H,31,32,33,34)/t18-,19-,27-/m1/s1. The van der Waals surface area contributed by atoms with E-state index in [1.165, 1.54) is 17.4 Å². The lowest BCUT2D eigenvalue weighted by Gasteiger charge is -2.48. The van der Waals surface area contributed by atoms with E-state index in [0.717, 1.165) is 28.9 Å². The number of nitrogens with zero attached hydrogens (tertiary/aromatic N) is 5. The van der Waals surface area contributed by atoms with Crippen molar-refractivity contribution in [3.8, 4) is 0 Å². The number of halogens is 2. The molecule has 9 nitrogen and oxygen atoms in total. The minimum atomic E-state index is -3.29. The Hall–Kier alpha value is -3.12. The number of nitrogens with one attached hydrogen (secondary N) is 1. The van der Waals surface area contributed by atoms with Crippen molar-refractivity contribution >= 4 is 43.9 Å². The fraction of sp³-hybridized carbons (Fsp3) is 0.536. The first-order valence-corrected chi connectivity index (χ1v) is 15.5. The van der Waals surface area contributed by atoms with E-state index in [1.54, 1.807) is 6.07 Å².